The van der Waals surface area contributed by atoms with Crippen molar-refractivity contribution in [2.75, 3.05) is 5.32 Å². The van der Waals surface area contributed by atoms with Crippen molar-refractivity contribution in [1.29, 1.82) is 0 Å². The van der Waals surface area contributed by atoms with Gasteiger partial charge in [0.1, 0.15) is 5.82 Å². The van der Waals surface area contributed by atoms with Crippen LogP contribution in [0.4, 0.5) is 10.1 Å². The van der Waals surface area contributed by atoms with Crippen LogP contribution in [0.1, 0.15) is 5.56 Å². The minimum atomic E-state index is -0.393. The lowest BCUT2D eigenvalue weighted by molar-refractivity contribution is 0.627. The van der Waals surface area contributed by atoms with Crippen LogP contribution in [0.3, 0.4) is 0 Å². The van der Waals surface area contributed by atoms with E-state index in [1.807, 2.05) is 47.3 Å². The Labute approximate surface area is 127 Å². The van der Waals surface area contributed by atoms with Gasteiger partial charge in [-0.1, -0.05) is 23.7 Å². The molecular weight excluding hydrogens is 287 g/mol. The lowest BCUT2D eigenvalue weighted by atomic mass is 10.2. The van der Waals surface area contributed by atoms with Gasteiger partial charge in [0.2, 0.25) is 0 Å². The van der Waals surface area contributed by atoms with Crippen molar-refractivity contribution < 1.29 is 4.39 Å². The van der Waals surface area contributed by atoms with Crippen LogP contribution in [-0.4, -0.2) is 4.57 Å². The van der Waals surface area contributed by atoms with Gasteiger partial charge in [0.25, 0.3) is 0 Å². The molecule has 1 heterocycles. The highest BCUT2D eigenvalue weighted by atomic mass is 35.5. The summed E-state index contributed by atoms with van der Waals surface area (Å²) in [5.41, 5.74) is 3.02. The van der Waals surface area contributed by atoms with Gasteiger partial charge in [0.05, 0.1) is 5.02 Å². The Kier molecular flexibility index (Phi) is 3.93. The molecule has 0 saturated heterocycles. The van der Waals surface area contributed by atoms with Crippen molar-refractivity contribution >= 4 is 17.3 Å². The van der Waals surface area contributed by atoms with Gasteiger partial charge in [-0.15, -0.1) is 0 Å². The normalized spacial score (nSPS) is 10.6. The number of aromatic nitrogens is 1. The summed E-state index contributed by atoms with van der Waals surface area (Å²) in [7, 11) is 0. The lowest BCUT2D eigenvalue weighted by Gasteiger charge is -2.10. The summed E-state index contributed by atoms with van der Waals surface area (Å²) < 4.78 is 15.2. The minimum Gasteiger partial charge on any atom is -0.381 e. The van der Waals surface area contributed by atoms with Gasteiger partial charge in [0, 0.05) is 30.3 Å². The van der Waals surface area contributed by atoms with E-state index in [-0.39, 0.29) is 5.02 Å². The summed E-state index contributed by atoms with van der Waals surface area (Å²) in [6, 6.07) is 16.8. The molecular formula is C17H14ClFN2. The van der Waals surface area contributed by atoms with Crippen molar-refractivity contribution in [2.24, 2.45) is 0 Å². The first kappa shape index (κ1) is 13.7. The van der Waals surface area contributed by atoms with Crippen molar-refractivity contribution in [2.45, 2.75) is 6.54 Å². The summed E-state index contributed by atoms with van der Waals surface area (Å²) in [5, 5.41) is 3.46. The van der Waals surface area contributed by atoms with Crippen molar-refractivity contribution in [1.82, 2.24) is 4.57 Å². The summed E-state index contributed by atoms with van der Waals surface area (Å²) in [4.78, 5) is 0. The standard InChI is InChI=1S/C17H14ClFN2/c18-16-10-13(6-7-17(16)19)12-20-14-4-3-5-15(11-14)21-8-1-2-9-21/h1-11,20H,12H2. The zero-order valence-corrected chi connectivity index (χ0v) is 12.0. The first-order valence-corrected chi connectivity index (χ1v) is 7.01. The van der Waals surface area contributed by atoms with Crippen LogP contribution in [0.15, 0.2) is 67.0 Å². The molecule has 0 amide bonds. The predicted molar refractivity (Wildman–Crippen MR) is 84.5 cm³/mol. The van der Waals surface area contributed by atoms with E-state index in [0.717, 1.165) is 16.9 Å². The second-order valence-electron chi connectivity index (χ2n) is 4.74. The van der Waals surface area contributed by atoms with Gasteiger partial charge in [-0.25, -0.2) is 4.39 Å². The van der Waals surface area contributed by atoms with Crippen LogP contribution in [0, 0.1) is 5.82 Å². The Morgan fingerprint density at radius 3 is 2.57 bits per heavy atom. The topological polar surface area (TPSA) is 17.0 Å². The Morgan fingerprint density at radius 2 is 1.81 bits per heavy atom. The zero-order chi connectivity index (χ0) is 14.7. The van der Waals surface area contributed by atoms with Gasteiger partial charge in [-0.2, -0.15) is 0 Å². The Balaban J connectivity index is 1.73. The fourth-order valence-corrected chi connectivity index (χ4v) is 2.34. The number of benzene rings is 2. The quantitative estimate of drug-likeness (QED) is 0.726. The third kappa shape index (κ3) is 3.26. The van der Waals surface area contributed by atoms with E-state index in [1.165, 1.54) is 6.07 Å². The molecule has 0 aliphatic carbocycles. The number of nitrogens with one attached hydrogen (secondary N) is 1. The molecule has 0 unspecified atom stereocenters. The highest BCUT2D eigenvalue weighted by molar-refractivity contribution is 6.30. The van der Waals surface area contributed by atoms with Gasteiger partial charge in [-0.05, 0) is 48.0 Å². The molecule has 2 aromatic carbocycles. The van der Waals surface area contributed by atoms with E-state index in [4.69, 9.17) is 11.6 Å². The van der Waals surface area contributed by atoms with Crippen LogP contribution < -0.4 is 5.32 Å². The van der Waals surface area contributed by atoms with Gasteiger partial charge >= 0.3 is 0 Å². The van der Waals surface area contributed by atoms with Crippen LogP contribution in [0.5, 0.6) is 0 Å². The molecule has 0 bridgehead atoms. The number of rotatable bonds is 4. The maximum absolute atomic E-state index is 13.1. The maximum Gasteiger partial charge on any atom is 0.141 e. The summed E-state index contributed by atoms with van der Waals surface area (Å²) in [5.74, 6) is -0.393. The molecule has 0 saturated carbocycles. The maximum atomic E-state index is 13.1. The molecule has 0 atom stereocenters. The fraction of sp³-hybridized carbons (Fsp3) is 0.0588. The van der Waals surface area contributed by atoms with Crippen LogP contribution in [0.25, 0.3) is 5.69 Å². The molecule has 3 rings (SSSR count). The molecule has 0 spiro atoms. The lowest BCUT2D eigenvalue weighted by Crippen LogP contribution is -2.00. The largest absolute Gasteiger partial charge is 0.381 e. The zero-order valence-electron chi connectivity index (χ0n) is 11.3. The smallest absolute Gasteiger partial charge is 0.141 e. The summed E-state index contributed by atoms with van der Waals surface area (Å²) >= 11 is 5.78. The highest BCUT2D eigenvalue weighted by Gasteiger charge is 2.02. The van der Waals surface area contributed by atoms with Gasteiger partial charge in [0.15, 0.2) is 0 Å². The first-order chi connectivity index (χ1) is 10.2. The Morgan fingerprint density at radius 1 is 1.00 bits per heavy atom. The molecule has 2 nitrogen and oxygen atoms in total. The minimum absolute atomic E-state index is 0.149. The van der Waals surface area contributed by atoms with Gasteiger partial charge in [-0.3, -0.25) is 0 Å². The van der Waals surface area contributed by atoms with E-state index in [0.29, 0.717) is 6.54 Å². The van der Waals surface area contributed by atoms with Gasteiger partial charge < -0.3 is 9.88 Å². The van der Waals surface area contributed by atoms with E-state index in [9.17, 15) is 4.39 Å². The van der Waals surface area contributed by atoms with Crippen molar-refractivity contribution in [3.63, 3.8) is 0 Å². The third-order valence-electron chi connectivity index (χ3n) is 3.23. The fourth-order valence-electron chi connectivity index (χ4n) is 2.14. The third-order valence-corrected chi connectivity index (χ3v) is 3.52. The second kappa shape index (κ2) is 6.02. The molecule has 4 heteroatoms. The first-order valence-electron chi connectivity index (χ1n) is 6.63. The predicted octanol–water partition coefficient (Wildman–Crippen LogP) is 4.88. The van der Waals surface area contributed by atoms with Crippen LogP contribution in [0.2, 0.25) is 5.02 Å². The monoisotopic (exact) mass is 300 g/mol. The number of halogens is 2. The molecule has 0 radical (unpaired) electrons. The molecule has 21 heavy (non-hydrogen) atoms. The molecule has 1 aromatic heterocycles. The SMILES string of the molecule is Fc1ccc(CNc2cccc(-n3cccc3)c2)cc1Cl. The molecule has 106 valence electrons. The van der Waals surface area contributed by atoms with Crippen LogP contribution in [-0.2, 0) is 6.54 Å². The number of anilines is 1. The second-order valence-corrected chi connectivity index (χ2v) is 5.15. The summed E-state index contributed by atoms with van der Waals surface area (Å²) in [6.07, 6.45) is 4.00. The van der Waals surface area contributed by atoms with E-state index < -0.39 is 5.82 Å². The van der Waals surface area contributed by atoms with Crippen molar-refractivity contribution in [3.8, 4) is 5.69 Å². The van der Waals surface area contributed by atoms with Crippen LogP contribution >= 0.6 is 11.6 Å². The number of nitrogens with zero attached hydrogens (tertiary/aromatic N) is 1. The average Bonchev–Trinajstić information content (AvgIpc) is 3.03. The van der Waals surface area contributed by atoms with Crippen molar-refractivity contribution in [3.05, 3.63) is 83.4 Å². The van der Waals surface area contributed by atoms with E-state index in [2.05, 4.69) is 11.4 Å². The summed E-state index contributed by atoms with van der Waals surface area (Å²) in [6.45, 7) is 0.592. The average molecular weight is 301 g/mol. The molecule has 0 fully saturated rings. The molecule has 3 aromatic rings. The highest BCUT2D eigenvalue weighted by Crippen LogP contribution is 2.19. The van der Waals surface area contributed by atoms with E-state index in [1.54, 1.807) is 12.1 Å². The Bertz CT molecular complexity index is 738. The molecule has 0 aliphatic heterocycles. The molecule has 0 aliphatic rings. The van der Waals surface area contributed by atoms with E-state index >= 15 is 0 Å². The molecule has 1 N–H and O–H groups in total. The Hall–Kier alpha value is -2.26. The number of hydrogen-bond donors (Lipinski definition) is 1. The number of hydrogen-bond acceptors (Lipinski definition) is 1.